The van der Waals surface area contributed by atoms with Gasteiger partial charge in [0.05, 0.1) is 4.92 Å². The first kappa shape index (κ1) is 14.5. The van der Waals surface area contributed by atoms with E-state index in [0.29, 0.717) is 18.8 Å². The van der Waals surface area contributed by atoms with Crippen LogP contribution in [0.15, 0.2) is 36.5 Å². The van der Waals surface area contributed by atoms with Gasteiger partial charge < -0.3 is 10.6 Å². The molecule has 1 heterocycles. The number of benzene rings is 1. The van der Waals surface area contributed by atoms with E-state index in [1.54, 1.807) is 36.1 Å². The van der Waals surface area contributed by atoms with Gasteiger partial charge in [-0.15, -0.1) is 0 Å². The lowest BCUT2D eigenvalue weighted by molar-refractivity contribution is -0.384. The number of hydrogen-bond acceptors (Lipinski definition) is 5. The van der Waals surface area contributed by atoms with Crippen LogP contribution >= 0.6 is 0 Å². The van der Waals surface area contributed by atoms with Crippen molar-refractivity contribution in [3.05, 3.63) is 52.3 Å². The predicted molar refractivity (Wildman–Crippen MR) is 77.1 cm³/mol. The van der Waals surface area contributed by atoms with E-state index in [-0.39, 0.29) is 11.6 Å². The Morgan fingerprint density at radius 1 is 1.29 bits per heavy atom. The third-order valence-electron chi connectivity index (χ3n) is 2.76. The summed E-state index contributed by atoms with van der Waals surface area (Å²) in [5.41, 5.74) is 1.17. The van der Waals surface area contributed by atoms with Crippen LogP contribution in [0.25, 0.3) is 0 Å². The van der Waals surface area contributed by atoms with Crippen LogP contribution < -0.4 is 10.6 Å². The number of nitro benzene ring substituents is 1. The van der Waals surface area contributed by atoms with E-state index in [4.69, 9.17) is 0 Å². The zero-order valence-electron chi connectivity index (χ0n) is 11.4. The highest BCUT2D eigenvalue weighted by Gasteiger charge is 2.07. The van der Waals surface area contributed by atoms with E-state index in [1.807, 2.05) is 0 Å². The Morgan fingerprint density at radius 3 is 2.57 bits per heavy atom. The van der Waals surface area contributed by atoms with E-state index in [0.717, 1.165) is 5.69 Å². The Kier molecular flexibility index (Phi) is 4.50. The monoisotopic (exact) mass is 289 g/mol. The lowest BCUT2D eigenvalue weighted by atomic mass is 10.3. The molecular weight excluding hydrogens is 274 g/mol. The van der Waals surface area contributed by atoms with Crippen molar-refractivity contribution in [1.29, 1.82) is 0 Å². The number of rotatable bonds is 6. The van der Waals surface area contributed by atoms with Gasteiger partial charge in [-0.05, 0) is 18.2 Å². The van der Waals surface area contributed by atoms with Gasteiger partial charge >= 0.3 is 0 Å². The Balaban J connectivity index is 1.74. The third-order valence-corrected chi connectivity index (χ3v) is 2.76. The second-order valence-corrected chi connectivity index (χ2v) is 4.36. The molecule has 8 heteroatoms. The molecule has 0 aliphatic rings. The third kappa shape index (κ3) is 4.03. The van der Waals surface area contributed by atoms with Gasteiger partial charge in [-0.2, -0.15) is 5.10 Å². The van der Waals surface area contributed by atoms with Crippen LogP contribution in [0.4, 0.5) is 11.4 Å². The average molecular weight is 289 g/mol. The lowest BCUT2D eigenvalue weighted by Gasteiger charge is -2.06. The van der Waals surface area contributed by atoms with Gasteiger partial charge in [-0.1, -0.05) is 0 Å². The Hall–Kier alpha value is -2.90. The van der Waals surface area contributed by atoms with E-state index in [9.17, 15) is 14.9 Å². The van der Waals surface area contributed by atoms with Gasteiger partial charge in [0.25, 0.3) is 11.6 Å². The highest BCUT2D eigenvalue weighted by Crippen LogP contribution is 2.14. The summed E-state index contributed by atoms with van der Waals surface area (Å²) in [6, 6.07) is 7.74. The van der Waals surface area contributed by atoms with E-state index < -0.39 is 4.92 Å². The zero-order valence-corrected chi connectivity index (χ0v) is 11.4. The van der Waals surface area contributed by atoms with Crippen molar-refractivity contribution in [2.75, 3.05) is 18.4 Å². The van der Waals surface area contributed by atoms with E-state index in [1.165, 1.54) is 12.1 Å². The summed E-state index contributed by atoms with van der Waals surface area (Å²) < 4.78 is 1.56. The molecule has 0 fully saturated rings. The number of anilines is 1. The molecule has 0 aliphatic carbocycles. The molecule has 0 saturated heterocycles. The number of carbonyl (C=O) groups excluding carboxylic acids is 1. The second-order valence-electron chi connectivity index (χ2n) is 4.36. The van der Waals surface area contributed by atoms with Crippen molar-refractivity contribution in [1.82, 2.24) is 15.1 Å². The fourth-order valence-corrected chi connectivity index (χ4v) is 1.71. The fourth-order valence-electron chi connectivity index (χ4n) is 1.71. The summed E-state index contributed by atoms with van der Waals surface area (Å²) in [7, 11) is 1.74. The summed E-state index contributed by atoms with van der Waals surface area (Å²) in [5.74, 6) is -0.235. The molecule has 1 aromatic carbocycles. The fraction of sp³-hybridized carbons (Fsp3) is 0.231. The molecule has 2 N–H and O–H groups in total. The van der Waals surface area contributed by atoms with Crippen molar-refractivity contribution < 1.29 is 9.72 Å². The Bertz CT molecular complexity index is 636. The number of aryl methyl sites for hydroxylation is 1. The van der Waals surface area contributed by atoms with Gasteiger partial charge in [0.2, 0.25) is 0 Å². The molecule has 0 unspecified atom stereocenters. The Labute approximate surface area is 120 Å². The molecule has 0 bridgehead atoms. The Morgan fingerprint density at radius 2 is 2.00 bits per heavy atom. The van der Waals surface area contributed by atoms with Crippen LogP contribution in [0, 0.1) is 10.1 Å². The number of nitro groups is 1. The zero-order chi connectivity index (χ0) is 15.2. The van der Waals surface area contributed by atoms with Crippen molar-refractivity contribution in [2.24, 2.45) is 7.05 Å². The standard InChI is InChI=1S/C13H15N5O3/c1-17-9-6-12(16-17)13(19)15-8-7-14-10-2-4-11(5-3-10)18(20)21/h2-6,9,14H,7-8H2,1H3,(H,15,19). The number of amides is 1. The predicted octanol–water partition coefficient (Wildman–Crippen LogP) is 1.17. The lowest BCUT2D eigenvalue weighted by Crippen LogP contribution is -2.29. The maximum absolute atomic E-state index is 11.7. The minimum absolute atomic E-state index is 0.0454. The van der Waals surface area contributed by atoms with Crippen molar-refractivity contribution in [3.8, 4) is 0 Å². The largest absolute Gasteiger partial charge is 0.383 e. The van der Waals surface area contributed by atoms with Crippen molar-refractivity contribution in [3.63, 3.8) is 0 Å². The van der Waals surface area contributed by atoms with Gasteiger partial charge in [0.1, 0.15) is 5.69 Å². The molecule has 0 saturated carbocycles. The van der Waals surface area contributed by atoms with Gasteiger partial charge in [0, 0.05) is 44.2 Å². The van der Waals surface area contributed by atoms with Crippen LogP contribution in [0.5, 0.6) is 0 Å². The molecular formula is C13H15N5O3. The summed E-state index contributed by atoms with van der Waals surface area (Å²) in [4.78, 5) is 21.8. The summed E-state index contributed by atoms with van der Waals surface area (Å²) in [6.45, 7) is 0.933. The minimum Gasteiger partial charge on any atom is -0.383 e. The topological polar surface area (TPSA) is 102 Å². The van der Waals surface area contributed by atoms with Gasteiger partial charge in [0.15, 0.2) is 0 Å². The normalized spacial score (nSPS) is 10.1. The minimum atomic E-state index is -0.448. The summed E-state index contributed by atoms with van der Waals surface area (Å²) >= 11 is 0. The van der Waals surface area contributed by atoms with Crippen molar-refractivity contribution >= 4 is 17.3 Å². The number of nitrogens with zero attached hydrogens (tertiary/aromatic N) is 3. The van der Waals surface area contributed by atoms with Crippen LogP contribution in [0.2, 0.25) is 0 Å². The number of aromatic nitrogens is 2. The molecule has 8 nitrogen and oxygen atoms in total. The second kappa shape index (κ2) is 6.51. The molecule has 0 radical (unpaired) electrons. The first-order chi connectivity index (χ1) is 10.1. The molecule has 2 aromatic rings. The van der Waals surface area contributed by atoms with E-state index in [2.05, 4.69) is 15.7 Å². The first-order valence-corrected chi connectivity index (χ1v) is 6.32. The van der Waals surface area contributed by atoms with Crippen LogP contribution in [-0.2, 0) is 7.05 Å². The number of nitrogens with one attached hydrogen (secondary N) is 2. The molecule has 21 heavy (non-hydrogen) atoms. The number of hydrogen-bond donors (Lipinski definition) is 2. The molecule has 110 valence electrons. The number of non-ortho nitro benzene ring substituents is 1. The maximum atomic E-state index is 11.7. The highest BCUT2D eigenvalue weighted by atomic mass is 16.6. The molecule has 0 aliphatic heterocycles. The highest BCUT2D eigenvalue weighted by molar-refractivity contribution is 5.92. The van der Waals surface area contributed by atoms with Gasteiger partial charge in [-0.25, -0.2) is 0 Å². The molecule has 0 spiro atoms. The quantitative estimate of drug-likeness (QED) is 0.472. The first-order valence-electron chi connectivity index (χ1n) is 6.32. The molecule has 0 atom stereocenters. The smallest absolute Gasteiger partial charge is 0.271 e. The summed E-state index contributed by atoms with van der Waals surface area (Å²) in [5, 5.41) is 20.3. The van der Waals surface area contributed by atoms with Crippen LogP contribution in [0.1, 0.15) is 10.5 Å². The van der Waals surface area contributed by atoms with Crippen molar-refractivity contribution in [2.45, 2.75) is 0 Å². The molecule has 1 aromatic heterocycles. The maximum Gasteiger partial charge on any atom is 0.271 e. The molecule has 2 rings (SSSR count). The van der Waals surface area contributed by atoms with Crippen LogP contribution in [-0.4, -0.2) is 33.7 Å². The van der Waals surface area contributed by atoms with E-state index >= 15 is 0 Å². The van der Waals surface area contributed by atoms with Crippen LogP contribution in [0.3, 0.4) is 0 Å². The van der Waals surface area contributed by atoms with Gasteiger partial charge in [-0.3, -0.25) is 19.6 Å². The average Bonchev–Trinajstić information content (AvgIpc) is 2.90. The summed E-state index contributed by atoms with van der Waals surface area (Å²) in [6.07, 6.45) is 1.70. The SMILES string of the molecule is Cn1ccc(C(=O)NCCNc2ccc([N+](=O)[O-])cc2)n1. The number of carbonyl (C=O) groups is 1. The molecule has 1 amide bonds.